The number of rotatable bonds is 0. The van der Waals surface area contributed by atoms with Crippen LogP contribution in [0.5, 0.6) is 0 Å². The molecule has 1 fully saturated rings. The number of hydrogen-bond donors (Lipinski definition) is 1. The van der Waals surface area contributed by atoms with E-state index in [1.54, 1.807) is 0 Å². The zero-order valence-electron chi connectivity index (χ0n) is 6.40. The van der Waals surface area contributed by atoms with Crippen molar-refractivity contribution in [1.82, 2.24) is 5.32 Å². The Balaban J connectivity index is 0. The van der Waals surface area contributed by atoms with Gasteiger partial charge in [0.1, 0.15) is 0 Å². The second-order valence-corrected chi connectivity index (χ2v) is 2.11. The Morgan fingerprint density at radius 2 is 2.50 bits per heavy atom. The van der Waals surface area contributed by atoms with Gasteiger partial charge in [0.25, 0.3) is 0 Å². The SMILES string of the molecule is CC1CNC(=O)C1.[H-].[Na+]. The van der Waals surface area contributed by atoms with Crippen molar-refractivity contribution in [2.45, 2.75) is 13.3 Å². The van der Waals surface area contributed by atoms with Crippen LogP contribution >= 0.6 is 0 Å². The fourth-order valence-electron chi connectivity index (χ4n) is 0.749. The number of nitrogens with one attached hydrogen (secondary N) is 1. The molecule has 8 heavy (non-hydrogen) atoms. The van der Waals surface area contributed by atoms with E-state index in [4.69, 9.17) is 0 Å². The molecule has 42 valence electrons. The number of carbonyl (C=O) groups is 1. The summed E-state index contributed by atoms with van der Waals surface area (Å²) in [5.74, 6) is 0.764. The third-order valence-corrected chi connectivity index (χ3v) is 1.18. The molecule has 1 aliphatic heterocycles. The number of amides is 1. The van der Waals surface area contributed by atoms with Gasteiger partial charge in [-0.25, -0.2) is 0 Å². The summed E-state index contributed by atoms with van der Waals surface area (Å²) in [6.45, 7) is 2.94. The second-order valence-electron chi connectivity index (χ2n) is 2.11. The average Bonchev–Trinajstić information content (AvgIpc) is 1.87. The van der Waals surface area contributed by atoms with Crippen molar-refractivity contribution in [2.75, 3.05) is 6.54 Å². The molecule has 0 aromatic heterocycles. The number of hydrogen-bond acceptors (Lipinski definition) is 1. The minimum absolute atomic E-state index is 0. The summed E-state index contributed by atoms with van der Waals surface area (Å²) in [7, 11) is 0. The molecule has 1 atom stereocenters. The standard InChI is InChI=1S/C5H9NO.Na.H/c1-4-2-5(7)6-3-4;;/h4H,2-3H2,1H3,(H,6,7);;/q;+1;-1. The van der Waals surface area contributed by atoms with E-state index in [0.29, 0.717) is 5.92 Å². The van der Waals surface area contributed by atoms with Crippen LogP contribution in [0, 0.1) is 5.92 Å². The molecule has 0 bridgehead atoms. The summed E-state index contributed by atoms with van der Waals surface area (Å²) >= 11 is 0. The van der Waals surface area contributed by atoms with Crippen LogP contribution in [0.4, 0.5) is 0 Å². The smallest absolute Gasteiger partial charge is 1.00 e. The van der Waals surface area contributed by atoms with Crippen LogP contribution in [0.3, 0.4) is 0 Å². The zero-order valence-corrected chi connectivity index (χ0v) is 7.40. The van der Waals surface area contributed by atoms with E-state index in [1.165, 1.54) is 0 Å². The van der Waals surface area contributed by atoms with Gasteiger partial charge in [0, 0.05) is 13.0 Å². The average molecular weight is 123 g/mol. The molecule has 1 aliphatic rings. The van der Waals surface area contributed by atoms with Crippen molar-refractivity contribution in [3.8, 4) is 0 Å². The molecule has 1 unspecified atom stereocenters. The van der Waals surface area contributed by atoms with Crippen molar-refractivity contribution in [3.05, 3.63) is 0 Å². The second kappa shape index (κ2) is 3.49. The first-order chi connectivity index (χ1) is 3.29. The van der Waals surface area contributed by atoms with Crippen LogP contribution in [-0.2, 0) is 4.79 Å². The Kier molecular flexibility index (Phi) is 3.69. The number of carbonyl (C=O) groups excluding carboxylic acids is 1. The summed E-state index contributed by atoms with van der Waals surface area (Å²) in [6.07, 6.45) is 0.722. The fraction of sp³-hybridized carbons (Fsp3) is 0.800. The van der Waals surface area contributed by atoms with Crippen LogP contribution < -0.4 is 34.9 Å². The zero-order chi connectivity index (χ0) is 5.28. The Bertz CT molecular complexity index is 99.0. The van der Waals surface area contributed by atoms with Crippen LogP contribution in [0.15, 0.2) is 0 Å². The van der Waals surface area contributed by atoms with Crippen LogP contribution in [0.25, 0.3) is 0 Å². The largest absolute Gasteiger partial charge is 1.00 e. The van der Waals surface area contributed by atoms with Gasteiger partial charge in [-0.2, -0.15) is 0 Å². The summed E-state index contributed by atoms with van der Waals surface area (Å²) in [6, 6.07) is 0. The van der Waals surface area contributed by atoms with Gasteiger partial charge in [-0.15, -0.1) is 0 Å². The molecular weight excluding hydrogens is 113 g/mol. The maximum absolute atomic E-state index is 10.3. The molecule has 3 heteroatoms. The van der Waals surface area contributed by atoms with Crippen LogP contribution in [0.2, 0.25) is 0 Å². The van der Waals surface area contributed by atoms with Crippen molar-refractivity contribution in [1.29, 1.82) is 0 Å². The van der Waals surface area contributed by atoms with Gasteiger partial charge >= 0.3 is 29.6 Å². The fourth-order valence-corrected chi connectivity index (χ4v) is 0.749. The van der Waals surface area contributed by atoms with Gasteiger partial charge in [-0.3, -0.25) is 4.79 Å². The van der Waals surface area contributed by atoms with E-state index in [9.17, 15) is 4.79 Å². The van der Waals surface area contributed by atoms with E-state index in [0.717, 1.165) is 13.0 Å². The quantitative estimate of drug-likeness (QED) is 0.348. The Hall–Kier alpha value is 0.470. The first-order valence-electron chi connectivity index (χ1n) is 2.56. The van der Waals surface area contributed by atoms with Gasteiger partial charge in [0.2, 0.25) is 5.91 Å². The Labute approximate surface area is 72.8 Å². The van der Waals surface area contributed by atoms with Crippen LogP contribution in [0.1, 0.15) is 14.8 Å². The predicted molar refractivity (Wildman–Crippen MR) is 27.9 cm³/mol. The summed E-state index contributed by atoms with van der Waals surface area (Å²) in [5.41, 5.74) is 0. The van der Waals surface area contributed by atoms with Crippen LogP contribution in [-0.4, -0.2) is 12.5 Å². The monoisotopic (exact) mass is 123 g/mol. The van der Waals surface area contributed by atoms with Crippen molar-refractivity contribution < 1.29 is 35.8 Å². The van der Waals surface area contributed by atoms with E-state index < -0.39 is 0 Å². The molecule has 1 rings (SSSR count). The third-order valence-electron chi connectivity index (χ3n) is 1.18. The Morgan fingerprint density at radius 1 is 1.88 bits per heavy atom. The minimum Gasteiger partial charge on any atom is -1.00 e. The molecule has 2 nitrogen and oxygen atoms in total. The molecule has 1 heterocycles. The summed E-state index contributed by atoms with van der Waals surface area (Å²) < 4.78 is 0. The predicted octanol–water partition coefficient (Wildman–Crippen LogP) is -2.74. The van der Waals surface area contributed by atoms with E-state index in [-0.39, 0.29) is 36.9 Å². The van der Waals surface area contributed by atoms with Gasteiger partial charge in [0.15, 0.2) is 0 Å². The van der Waals surface area contributed by atoms with Crippen molar-refractivity contribution >= 4 is 5.91 Å². The maximum Gasteiger partial charge on any atom is 1.00 e. The molecule has 0 aromatic rings. The van der Waals surface area contributed by atoms with E-state index in [1.807, 2.05) is 0 Å². The topological polar surface area (TPSA) is 29.1 Å². The summed E-state index contributed by atoms with van der Waals surface area (Å²) in [4.78, 5) is 10.3. The Morgan fingerprint density at radius 3 is 2.62 bits per heavy atom. The minimum atomic E-state index is 0. The molecule has 1 N–H and O–H groups in total. The molecule has 0 spiro atoms. The first kappa shape index (κ1) is 8.47. The molecule has 0 saturated carbocycles. The van der Waals surface area contributed by atoms with Gasteiger partial charge in [0.05, 0.1) is 0 Å². The van der Waals surface area contributed by atoms with E-state index in [2.05, 4.69) is 12.2 Å². The molecule has 0 aliphatic carbocycles. The van der Waals surface area contributed by atoms with Gasteiger partial charge in [-0.05, 0) is 5.92 Å². The molecule has 1 amide bonds. The summed E-state index contributed by atoms with van der Waals surface area (Å²) in [5, 5.41) is 2.73. The maximum atomic E-state index is 10.3. The van der Waals surface area contributed by atoms with Gasteiger partial charge in [-0.1, -0.05) is 6.92 Å². The van der Waals surface area contributed by atoms with Crippen molar-refractivity contribution in [2.24, 2.45) is 5.92 Å². The van der Waals surface area contributed by atoms with Crippen molar-refractivity contribution in [3.63, 3.8) is 0 Å². The van der Waals surface area contributed by atoms with E-state index >= 15 is 0 Å². The third kappa shape index (κ3) is 2.16. The first-order valence-corrected chi connectivity index (χ1v) is 2.56. The molecule has 1 saturated heterocycles. The molecule has 0 aromatic carbocycles. The molecule has 0 radical (unpaired) electrons. The molecular formula is C5H10NNaO. The van der Waals surface area contributed by atoms with Gasteiger partial charge < -0.3 is 6.74 Å². The normalized spacial score (nSPS) is 26.6.